The van der Waals surface area contributed by atoms with Gasteiger partial charge in [0.25, 0.3) is 0 Å². The maximum Gasteiger partial charge on any atom is 0.355 e. The van der Waals surface area contributed by atoms with E-state index in [2.05, 4.69) is 4.98 Å². The number of hydrogen-bond acceptors (Lipinski definition) is 3. The monoisotopic (exact) mass is 174 g/mol. The molecule has 1 aromatic rings. The van der Waals surface area contributed by atoms with Gasteiger partial charge in [-0.25, -0.2) is 9.78 Å². The van der Waals surface area contributed by atoms with Gasteiger partial charge < -0.3 is 5.11 Å². The maximum atomic E-state index is 10.6. The third-order valence-electron chi connectivity index (χ3n) is 1.38. The van der Waals surface area contributed by atoms with Gasteiger partial charge in [0.05, 0.1) is 6.07 Å². The van der Waals surface area contributed by atoms with Crippen molar-refractivity contribution in [3.63, 3.8) is 0 Å². The molecule has 0 unspecified atom stereocenters. The van der Waals surface area contributed by atoms with E-state index in [0.717, 1.165) is 0 Å². The highest BCUT2D eigenvalue weighted by Crippen LogP contribution is 2.06. The van der Waals surface area contributed by atoms with E-state index in [1.54, 1.807) is 18.2 Å². The molecule has 0 saturated heterocycles. The number of rotatable bonds is 2. The third-order valence-corrected chi connectivity index (χ3v) is 1.38. The SMILES string of the molecule is N#C/C=C/c1cccnc1C(=O)O. The number of hydrogen-bond donors (Lipinski definition) is 1. The van der Waals surface area contributed by atoms with Gasteiger partial charge in [-0.3, -0.25) is 0 Å². The van der Waals surface area contributed by atoms with Gasteiger partial charge in [-0.15, -0.1) is 0 Å². The molecule has 0 aliphatic carbocycles. The normalized spacial score (nSPS) is 9.77. The first-order valence-electron chi connectivity index (χ1n) is 3.50. The van der Waals surface area contributed by atoms with E-state index in [0.29, 0.717) is 5.56 Å². The van der Waals surface area contributed by atoms with Crippen LogP contribution in [0, 0.1) is 11.3 Å². The number of aromatic nitrogens is 1. The van der Waals surface area contributed by atoms with Gasteiger partial charge in [0.1, 0.15) is 0 Å². The summed E-state index contributed by atoms with van der Waals surface area (Å²) >= 11 is 0. The van der Waals surface area contributed by atoms with Gasteiger partial charge >= 0.3 is 5.97 Å². The van der Waals surface area contributed by atoms with Crippen molar-refractivity contribution in [2.75, 3.05) is 0 Å². The molecule has 0 fully saturated rings. The Morgan fingerprint density at radius 2 is 2.46 bits per heavy atom. The lowest BCUT2D eigenvalue weighted by atomic mass is 10.2. The van der Waals surface area contributed by atoms with Crippen LogP contribution in [0.3, 0.4) is 0 Å². The molecule has 1 heterocycles. The summed E-state index contributed by atoms with van der Waals surface area (Å²) < 4.78 is 0. The van der Waals surface area contributed by atoms with Crippen molar-refractivity contribution < 1.29 is 9.90 Å². The standard InChI is InChI=1S/C9H6N2O2/c10-5-1-3-7-4-2-6-11-8(7)9(12)13/h1-4,6H,(H,12,13)/b3-1+. The average molecular weight is 174 g/mol. The molecule has 0 aliphatic heterocycles. The Morgan fingerprint density at radius 3 is 3.08 bits per heavy atom. The summed E-state index contributed by atoms with van der Waals surface area (Å²) in [5, 5.41) is 16.9. The molecule has 4 heteroatoms. The van der Waals surface area contributed by atoms with Gasteiger partial charge in [0.2, 0.25) is 0 Å². The number of carboxylic acids is 1. The van der Waals surface area contributed by atoms with Crippen molar-refractivity contribution in [2.24, 2.45) is 0 Å². The third kappa shape index (κ3) is 2.14. The first-order chi connectivity index (χ1) is 6.25. The minimum atomic E-state index is -1.10. The van der Waals surface area contributed by atoms with Crippen LogP contribution in [0.1, 0.15) is 16.1 Å². The Hall–Kier alpha value is -2.15. The van der Waals surface area contributed by atoms with Gasteiger partial charge in [-0.05, 0) is 12.1 Å². The minimum Gasteiger partial charge on any atom is -0.476 e. The van der Waals surface area contributed by atoms with Crippen LogP contribution in [-0.2, 0) is 0 Å². The van der Waals surface area contributed by atoms with Crippen molar-refractivity contribution in [1.29, 1.82) is 5.26 Å². The second kappa shape index (κ2) is 4.02. The highest BCUT2D eigenvalue weighted by molar-refractivity contribution is 5.89. The zero-order chi connectivity index (χ0) is 9.68. The molecule has 0 amide bonds. The van der Waals surface area contributed by atoms with Crippen molar-refractivity contribution in [1.82, 2.24) is 4.98 Å². The number of pyridine rings is 1. The zero-order valence-electron chi connectivity index (χ0n) is 6.64. The van der Waals surface area contributed by atoms with Crippen LogP contribution in [-0.4, -0.2) is 16.1 Å². The summed E-state index contributed by atoms with van der Waals surface area (Å²) in [7, 11) is 0. The fraction of sp³-hybridized carbons (Fsp3) is 0. The molecule has 0 atom stereocenters. The molecule has 0 saturated carbocycles. The van der Waals surface area contributed by atoms with E-state index in [1.807, 2.05) is 0 Å². The molecule has 0 aromatic carbocycles. The summed E-state index contributed by atoms with van der Waals surface area (Å²) in [5.74, 6) is -1.10. The predicted octanol–water partition coefficient (Wildman–Crippen LogP) is 1.32. The quantitative estimate of drug-likeness (QED) is 0.686. The van der Waals surface area contributed by atoms with Crippen LogP contribution >= 0.6 is 0 Å². The van der Waals surface area contributed by atoms with Gasteiger partial charge in [0.15, 0.2) is 5.69 Å². The predicted molar refractivity (Wildman–Crippen MR) is 45.8 cm³/mol. The molecule has 4 nitrogen and oxygen atoms in total. The van der Waals surface area contributed by atoms with Crippen molar-refractivity contribution in [2.45, 2.75) is 0 Å². The highest BCUT2D eigenvalue weighted by atomic mass is 16.4. The summed E-state index contributed by atoms with van der Waals surface area (Å²) in [5.41, 5.74) is 0.380. The molecule has 1 rings (SSSR count). The van der Waals surface area contributed by atoms with Crippen LogP contribution in [0.15, 0.2) is 24.4 Å². The fourth-order valence-corrected chi connectivity index (χ4v) is 0.858. The average Bonchev–Trinajstić information content (AvgIpc) is 2.15. The number of aromatic carboxylic acids is 1. The van der Waals surface area contributed by atoms with Crippen molar-refractivity contribution in [3.05, 3.63) is 35.7 Å². The lowest BCUT2D eigenvalue weighted by Gasteiger charge is -1.96. The number of nitrogens with zero attached hydrogens (tertiary/aromatic N) is 2. The smallest absolute Gasteiger partial charge is 0.355 e. The Labute approximate surface area is 74.8 Å². The van der Waals surface area contributed by atoms with E-state index in [-0.39, 0.29) is 5.69 Å². The van der Waals surface area contributed by atoms with Crippen LogP contribution in [0.5, 0.6) is 0 Å². The van der Waals surface area contributed by atoms with E-state index < -0.39 is 5.97 Å². The Morgan fingerprint density at radius 1 is 1.69 bits per heavy atom. The zero-order valence-corrected chi connectivity index (χ0v) is 6.64. The van der Waals surface area contributed by atoms with Crippen LogP contribution in [0.2, 0.25) is 0 Å². The Bertz CT molecular complexity index is 391. The van der Waals surface area contributed by atoms with Crippen LogP contribution in [0.25, 0.3) is 6.08 Å². The summed E-state index contributed by atoms with van der Waals surface area (Å²) in [6.45, 7) is 0. The van der Waals surface area contributed by atoms with E-state index >= 15 is 0 Å². The molecule has 0 radical (unpaired) electrons. The molecule has 13 heavy (non-hydrogen) atoms. The van der Waals surface area contributed by atoms with E-state index in [9.17, 15) is 4.79 Å². The van der Waals surface area contributed by atoms with Crippen LogP contribution < -0.4 is 0 Å². The summed E-state index contributed by atoms with van der Waals surface area (Å²) in [6, 6.07) is 4.98. The van der Waals surface area contributed by atoms with E-state index in [4.69, 9.17) is 10.4 Å². The van der Waals surface area contributed by atoms with Gasteiger partial charge in [-0.1, -0.05) is 6.07 Å². The summed E-state index contributed by atoms with van der Waals surface area (Å²) in [6.07, 6.45) is 4.02. The van der Waals surface area contributed by atoms with Crippen molar-refractivity contribution >= 4 is 12.0 Å². The highest BCUT2D eigenvalue weighted by Gasteiger charge is 2.07. The second-order valence-corrected chi connectivity index (χ2v) is 2.21. The second-order valence-electron chi connectivity index (χ2n) is 2.21. The first-order valence-corrected chi connectivity index (χ1v) is 3.50. The lowest BCUT2D eigenvalue weighted by Crippen LogP contribution is -2.02. The first kappa shape index (κ1) is 8.94. The topological polar surface area (TPSA) is 74.0 Å². The van der Waals surface area contributed by atoms with Crippen molar-refractivity contribution in [3.8, 4) is 6.07 Å². The molecule has 0 aliphatic rings. The Balaban J connectivity index is 3.14. The molecule has 0 spiro atoms. The lowest BCUT2D eigenvalue weighted by molar-refractivity contribution is 0.0690. The molecule has 64 valence electrons. The van der Waals surface area contributed by atoms with Crippen LogP contribution in [0.4, 0.5) is 0 Å². The van der Waals surface area contributed by atoms with Gasteiger partial charge in [-0.2, -0.15) is 5.26 Å². The number of carboxylic acid groups (broad SMARTS) is 1. The number of nitriles is 1. The number of carbonyl (C=O) groups is 1. The minimum absolute atomic E-state index is 0.0472. The largest absolute Gasteiger partial charge is 0.476 e. The van der Waals surface area contributed by atoms with Gasteiger partial charge in [0, 0.05) is 17.8 Å². The Kier molecular flexibility index (Phi) is 2.77. The van der Waals surface area contributed by atoms with E-state index in [1.165, 1.54) is 18.3 Å². The molecule has 1 aromatic heterocycles. The molecular weight excluding hydrogens is 168 g/mol. The fourth-order valence-electron chi connectivity index (χ4n) is 0.858. The molecular formula is C9H6N2O2. The molecule has 0 bridgehead atoms. The number of allylic oxidation sites excluding steroid dienone is 1. The maximum absolute atomic E-state index is 10.6. The molecule has 1 N–H and O–H groups in total. The summed E-state index contributed by atoms with van der Waals surface area (Å²) in [4.78, 5) is 14.3.